The average Bonchev–Trinajstić information content (AvgIpc) is 2.15. The van der Waals surface area contributed by atoms with Crippen molar-refractivity contribution in [3.8, 4) is 0 Å². The summed E-state index contributed by atoms with van der Waals surface area (Å²) in [6, 6.07) is 0. The van der Waals surface area contributed by atoms with E-state index in [2.05, 4.69) is 10.4 Å². The number of hydrogen-bond donors (Lipinski definition) is 0. The molecule has 0 N–H and O–H groups in total. The first kappa shape index (κ1) is 4.39. The van der Waals surface area contributed by atoms with Crippen molar-refractivity contribution in [3.05, 3.63) is 22.8 Å². The van der Waals surface area contributed by atoms with Crippen molar-refractivity contribution in [2.45, 2.75) is 0 Å². The van der Waals surface area contributed by atoms with Crippen LogP contribution in [0.3, 0.4) is 0 Å². The van der Waals surface area contributed by atoms with Gasteiger partial charge in [-0.1, -0.05) is 0 Å². The predicted octanol–water partition coefficient (Wildman–Crippen LogP) is 1.59. The fourth-order valence-electron chi connectivity index (χ4n) is 0.813. The third-order valence-electron chi connectivity index (χ3n) is 1.26. The van der Waals surface area contributed by atoms with Gasteiger partial charge in [0.25, 0.3) is 0 Å². The van der Waals surface area contributed by atoms with Gasteiger partial charge in [0.05, 0.1) is 0 Å². The summed E-state index contributed by atoms with van der Waals surface area (Å²) in [4.78, 5) is 4.00. The van der Waals surface area contributed by atoms with E-state index in [1.165, 1.54) is 11.1 Å². The van der Waals surface area contributed by atoms with E-state index < -0.39 is 0 Å². The minimum absolute atomic E-state index is 1.12. The third-order valence-corrected chi connectivity index (χ3v) is 2.16. The van der Waals surface area contributed by atoms with Crippen LogP contribution in [0.2, 0.25) is 0 Å². The predicted molar refractivity (Wildman–Crippen MR) is 37.1 cm³/mol. The van der Waals surface area contributed by atoms with Crippen molar-refractivity contribution in [1.29, 1.82) is 0 Å². The van der Waals surface area contributed by atoms with Crippen LogP contribution < -0.4 is 0 Å². The number of fused-ring (bicyclic) bond motifs is 1. The highest BCUT2D eigenvalue weighted by Crippen LogP contribution is 2.28. The first-order valence-corrected chi connectivity index (χ1v) is 3.56. The lowest BCUT2D eigenvalue weighted by molar-refractivity contribution is 1.51. The Labute approximate surface area is 52.2 Å². The molecule has 0 saturated heterocycles. The highest BCUT2D eigenvalue weighted by Gasteiger charge is 2.12. The van der Waals surface area contributed by atoms with Gasteiger partial charge in [-0.3, -0.25) is 4.99 Å². The smallest absolute Gasteiger partial charge is 0.0349 e. The topological polar surface area (TPSA) is 12.4 Å². The molecule has 0 atom stereocenters. The van der Waals surface area contributed by atoms with Gasteiger partial charge in [0, 0.05) is 23.7 Å². The van der Waals surface area contributed by atoms with Gasteiger partial charge in [0.15, 0.2) is 0 Å². The monoisotopic (exact) mass is 123 g/mol. The lowest BCUT2D eigenvalue weighted by Gasteiger charge is -1.84. The van der Waals surface area contributed by atoms with Crippen molar-refractivity contribution in [3.63, 3.8) is 0 Å². The lowest BCUT2D eigenvalue weighted by atomic mass is 10.2. The van der Waals surface area contributed by atoms with E-state index in [4.69, 9.17) is 0 Å². The van der Waals surface area contributed by atoms with E-state index in [0.29, 0.717) is 0 Å². The van der Waals surface area contributed by atoms with Gasteiger partial charge in [0.2, 0.25) is 0 Å². The van der Waals surface area contributed by atoms with Gasteiger partial charge >= 0.3 is 0 Å². The Morgan fingerprint density at radius 3 is 3.50 bits per heavy atom. The van der Waals surface area contributed by atoms with Gasteiger partial charge < -0.3 is 0 Å². The molecule has 2 aliphatic rings. The molecular formula is C6H5NS. The number of thioether (sulfide) groups is 1. The highest BCUT2D eigenvalue weighted by atomic mass is 32.2. The van der Waals surface area contributed by atoms with Crippen molar-refractivity contribution in [2.24, 2.45) is 4.99 Å². The second kappa shape index (κ2) is 1.49. The maximum absolute atomic E-state index is 4.00. The molecule has 40 valence electrons. The second-order valence-corrected chi connectivity index (χ2v) is 2.67. The van der Waals surface area contributed by atoms with Gasteiger partial charge in [-0.15, -0.1) is 11.8 Å². The Morgan fingerprint density at radius 1 is 1.62 bits per heavy atom. The molecule has 0 bridgehead atoms. The largest absolute Gasteiger partial charge is 0.264 e. The van der Waals surface area contributed by atoms with Crippen LogP contribution in [0.4, 0.5) is 0 Å². The number of aliphatic imine (C=N–C) groups is 1. The summed E-state index contributed by atoms with van der Waals surface area (Å²) in [5.41, 5.74) is 2.70. The molecule has 2 heterocycles. The third kappa shape index (κ3) is 0.464. The zero-order valence-corrected chi connectivity index (χ0v) is 5.11. The van der Waals surface area contributed by atoms with Crippen LogP contribution in [0, 0.1) is 0 Å². The minimum Gasteiger partial charge on any atom is -0.264 e. The van der Waals surface area contributed by atoms with Crippen LogP contribution in [0.15, 0.2) is 27.7 Å². The van der Waals surface area contributed by atoms with Crippen LogP contribution in [0.25, 0.3) is 0 Å². The Hall–Kier alpha value is -0.500. The van der Waals surface area contributed by atoms with E-state index >= 15 is 0 Å². The first-order chi connectivity index (χ1) is 3.97. The zero-order valence-electron chi connectivity index (χ0n) is 4.29. The molecule has 0 aliphatic carbocycles. The van der Waals surface area contributed by atoms with E-state index in [0.717, 1.165) is 5.75 Å². The molecule has 0 saturated carbocycles. The Kier molecular flexibility index (Phi) is 0.815. The van der Waals surface area contributed by atoms with Crippen LogP contribution in [0.5, 0.6) is 0 Å². The highest BCUT2D eigenvalue weighted by molar-refractivity contribution is 8.02. The standard InChI is InChI=1S/C6H5NS/c1-5-3-8-4-6(5)2-7-1/h1-3H,4H2. The van der Waals surface area contributed by atoms with Gasteiger partial charge in [-0.05, 0) is 11.0 Å². The number of rotatable bonds is 0. The van der Waals surface area contributed by atoms with E-state index in [-0.39, 0.29) is 0 Å². The molecule has 0 spiro atoms. The summed E-state index contributed by atoms with van der Waals surface area (Å²) in [6.07, 6.45) is 3.85. The maximum Gasteiger partial charge on any atom is 0.0349 e. The molecule has 0 unspecified atom stereocenters. The normalized spacial score (nSPS) is 23.0. The fraction of sp³-hybridized carbons (Fsp3) is 0.167. The summed E-state index contributed by atoms with van der Waals surface area (Å²) < 4.78 is 0. The summed E-state index contributed by atoms with van der Waals surface area (Å²) in [7, 11) is 0. The molecule has 0 aromatic carbocycles. The maximum atomic E-state index is 4.00. The molecular weight excluding hydrogens is 118 g/mol. The molecule has 2 heteroatoms. The second-order valence-electron chi connectivity index (χ2n) is 1.82. The van der Waals surface area contributed by atoms with Crippen LogP contribution >= 0.6 is 11.8 Å². The van der Waals surface area contributed by atoms with Gasteiger partial charge in [-0.2, -0.15) is 0 Å². The van der Waals surface area contributed by atoms with Gasteiger partial charge in [0.1, 0.15) is 0 Å². The summed E-state index contributed by atoms with van der Waals surface area (Å²) >= 11 is 1.84. The lowest BCUT2D eigenvalue weighted by Crippen LogP contribution is -1.78. The Bertz CT molecular complexity index is 201. The summed E-state index contributed by atoms with van der Waals surface area (Å²) in [5, 5.41) is 2.16. The van der Waals surface area contributed by atoms with Crippen molar-refractivity contribution >= 4 is 18.0 Å². The zero-order chi connectivity index (χ0) is 5.40. The molecule has 0 fully saturated rings. The van der Waals surface area contributed by atoms with E-state index in [9.17, 15) is 0 Å². The Balaban J connectivity index is 2.49. The molecule has 0 aromatic heterocycles. The minimum atomic E-state index is 1.12. The van der Waals surface area contributed by atoms with Crippen molar-refractivity contribution < 1.29 is 0 Å². The number of allylic oxidation sites excluding steroid dienone is 1. The van der Waals surface area contributed by atoms with Gasteiger partial charge in [-0.25, -0.2) is 0 Å². The number of nitrogens with zero attached hydrogens (tertiary/aromatic N) is 1. The molecule has 0 radical (unpaired) electrons. The van der Waals surface area contributed by atoms with Crippen molar-refractivity contribution in [2.75, 3.05) is 5.75 Å². The average molecular weight is 123 g/mol. The molecule has 2 rings (SSSR count). The SMILES string of the molecule is C1=NC=C2CSC=C12. The van der Waals surface area contributed by atoms with Crippen molar-refractivity contribution in [1.82, 2.24) is 0 Å². The summed E-state index contributed by atoms with van der Waals surface area (Å²) in [6.45, 7) is 0. The first-order valence-electron chi connectivity index (χ1n) is 2.51. The molecule has 8 heavy (non-hydrogen) atoms. The molecule has 2 aliphatic heterocycles. The Morgan fingerprint density at radius 2 is 2.62 bits per heavy atom. The number of hydrogen-bond acceptors (Lipinski definition) is 2. The van der Waals surface area contributed by atoms with E-state index in [1.54, 1.807) is 0 Å². The quantitative estimate of drug-likeness (QED) is 0.476. The molecule has 0 amide bonds. The molecule has 0 aromatic rings. The van der Waals surface area contributed by atoms with Crippen LogP contribution in [-0.2, 0) is 0 Å². The fourth-order valence-corrected chi connectivity index (χ4v) is 1.71. The summed E-state index contributed by atoms with van der Waals surface area (Å²) in [5.74, 6) is 1.12. The van der Waals surface area contributed by atoms with Crippen LogP contribution in [0.1, 0.15) is 0 Å². The molecule has 1 nitrogen and oxygen atoms in total. The van der Waals surface area contributed by atoms with Crippen LogP contribution in [-0.4, -0.2) is 12.0 Å². The van der Waals surface area contributed by atoms with E-state index in [1.807, 2.05) is 24.2 Å².